The highest BCUT2D eigenvalue weighted by Crippen LogP contribution is 2.31. The number of benzene rings is 2. The first-order valence-electron chi connectivity index (χ1n) is 8.88. The third-order valence-corrected chi connectivity index (χ3v) is 5.77. The van der Waals surface area contributed by atoms with Gasteiger partial charge in [-0.3, -0.25) is 0 Å². The SMILES string of the molecule is COc1ccc(-c2nc(CCNS(=O)(=O)c3cc(OC)c(OC)cc3F)co2)cc1. The molecule has 0 saturated carbocycles. The Labute approximate surface area is 173 Å². The van der Waals surface area contributed by atoms with Crippen LogP contribution in [0.15, 0.2) is 52.0 Å². The minimum Gasteiger partial charge on any atom is -0.497 e. The Balaban J connectivity index is 1.67. The van der Waals surface area contributed by atoms with E-state index in [0.717, 1.165) is 17.7 Å². The minimum atomic E-state index is -4.10. The summed E-state index contributed by atoms with van der Waals surface area (Å²) in [5.74, 6) is 0.384. The molecule has 2 aromatic carbocycles. The zero-order valence-corrected chi connectivity index (χ0v) is 17.5. The van der Waals surface area contributed by atoms with Crippen LogP contribution in [0.25, 0.3) is 11.5 Å². The largest absolute Gasteiger partial charge is 0.497 e. The molecule has 0 aliphatic heterocycles. The maximum absolute atomic E-state index is 14.3. The zero-order chi connectivity index (χ0) is 21.7. The van der Waals surface area contributed by atoms with Crippen LogP contribution in [-0.2, 0) is 16.4 Å². The summed E-state index contributed by atoms with van der Waals surface area (Å²) in [4.78, 5) is 3.81. The molecule has 0 aliphatic carbocycles. The Bertz CT molecular complexity index is 1110. The van der Waals surface area contributed by atoms with Gasteiger partial charge in [0.1, 0.15) is 22.7 Å². The molecule has 1 N–H and O–H groups in total. The molecule has 10 heteroatoms. The first kappa shape index (κ1) is 21.6. The van der Waals surface area contributed by atoms with Gasteiger partial charge < -0.3 is 18.6 Å². The third-order valence-electron chi connectivity index (χ3n) is 4.29. The lowest BCUT2D eigenvalue weighted by Gasteiger charge is -2.12. The number of rotatable bonds is 9. The molecule has 0 aliphatic rings. The number of hydrogen-bond donors (Lipinski definition) is 1. The first-order valence-corrected chi connectivity index (χ1v) is 10.4. The van der Waals surface area contributed by atoms with Gasteiger partial charge in [-0.25, -0.2) is 22.5 Å². The van der Waals surface area contributed by atoms with Gasteiger partial charge in [0.05, 0.1) is 27.0 Å². The molecule has 0 fully saturated rings. The van der Waals surface area contributed by atoms with Crippen molar-refractivity contribution in [1.29, 1.82) is 0 Å². The Morgan fingerprint density at radius 3 is 2.33 bits per heavy atom. The van der Waals surface area contributed by atoms with E-state index in [1.165, 1.54) is 20.5 Å². The third kappa shape index (κ3) is 4.71. The van der Waals surface area contributed by atoms with Crippen LogP contribution >= 0.6 is 0 Å². The van der Waals surface area contributed by atoms with Gasteiger partial charge in [-0.1, -0.05) is 0 Å². The quantitative estimate of drug-likeness (QED) is 0.550. The Morgan fingerprint density at radius 2 is 1.70 bits per heavy atom. The van der Waals surface area contributed by atoms with Crippen LogP contribution in [0.3, 0.4) is 0 Å². The van der Waals surface area contributed by atoms with Crippen LogP contribution in [0.2, 0.25) is 0 Å². The Kier molecular flexibility index (Phi) is 6.58. The molecule has 0 unspecified atom stereocenters. The second-order valence-corrected chi connectivity index (χ2v) is 7.89. The number of oxazole rings is 1. The van der Waals surface area contributed by atoms with Gasteiger partial charge in [-0.2, -0.15) is 0 Å². The predicted molar refractivity (Wildman–Crippen MR) is 107 cm³/mol. The summed E-state index contributed by atoms with van der Waals surface area (Å²) in [5.41, 5.74) is 1.31. The van der Waals surface area contributed by atoms with Crippen molar-refractivity contribution >= 4 is 10.0 Å². The molecular weight excluding hydrogens is 415 g/mol. The summed E-state index contributed by atoms with van der Waals surface area (Å²) in [6.45, 7) is 0.00467. The van der Waals surface area contributed by atoms with E-state index in [2.05, 4.69) is 9.71 Å². The van der Waals surface area contributed by atoms with Crippen LogP contribution in [-0.4, -0.2) is 41.3 Å². The van der Waals surface area contributed by atoms with Crippen molar-refractivity contribution in [3.63, 3.8) is 0 Å². The number of aromatic nitrogens is 1. The lowest BCUT2D eigenvalue weighted by Crippen LogP contribution is -2.27. The van der Waals surface area contributed by atoms with Gasteiger partial charge in [0.2, 0.25) is 15.9 Å². The van der Waals surface area contributed by atoms with Gasteiger partial charge in [-0.05, 0) is 24.3 Å². The van der Waals surface area contributed by atoms with E-state index in [0.29, 0.717) is 17.3 Å². The Hall–Kier alpha value is -3.11. The van der Waals surface area contributed by atoms with Crippen LogP contribution in [0, 0.1) is 5.82 Å². The lowest BCUT2D eigenvalue weighted by atomic mass is 10.2. The van der Waals surface area contributed by atoms with Crippen molar-refractivity contribution in [2.45, 2.75) is 11.3 Å². The van der Waals surface area contributed by atoms with E-state index in [4.69, 9.17) is 18.6 Å². The number of hydrogen-bond acceptors (Lipinski definition) is 7. The highest BCUT2D eigenvalue weighted by Gasteiger charge is 2.22. The van der Waals surface area contributed by atoms with Crippen LogP contribution < -0.4 is 18.9 Å². The molecule has 8 nitrogen and oxygen atoms in total. The van der Waals surface area contributed by atoms with Gasteiger partial charge in [-0.15, -0.1) is 0 Å². The van der Waals surface area contributed by atoms with Crippen LogP contribution in [0.1, 0.15) is 5.69 Å². The van der Waals surface area contributed by atoms with Crippen LogP contribution in [0.5, 0.6) is 17.2 Å². The summed E-state index contributed by atoms with van der Waals surface area (Å²) in [5, 5.41) is 0. The molecule has 3 rings (SSSR count). The molecule has 0 bridgehead atoms. The smallest absolute Gasteiger partial charge is 0.243 e. The first-order chi connectivity index (χ1) is 14.4. The molecule has 0 atom stereocenters. The molecule has 0 spiro atoms. The second-order valence-electron chi connectivity index (χ2n) is 6.16. The summed E-state index contributed by atoms with van der Waals surface area (Å²) in [6.07, 6.45) is 1.71. The molecule has 30 heavy (non-hydrogen) atoms. The molecule has 1 aromatic heterocycles. The van der Waals surface area contributed by atoms with Crippen molar-refractivity contribution in [3.8, 4) is 28.7 Å². The van der Waals surface area contributed by atoms with E-state index >= 15 is 0 Å². The van der Waals surface area contributed by atoms with E-state index in [9.17, 15) is 12.8 Å². The highest BCUT2D eigenvalue weighted by molar-refractivity contribution is 7.89. The van der Waals surface area contributed by atoms with E-state index in [1.54, 1.807) is 31.4 Å². The maximum atomic E-state index is 14.3. The fraction of sp³-hybridized carbons (Fsp3) is 0.250. The standard InChI is InChI=1S/C20H21FN2O6S/c1-26-15-6-4-13(5-7-15)20-23-14(12-29-20)8-9-22-30(24,25)19-11-18(28-3)17(27-2)10-16(19)21/h4-7,10-12,22H,8-9H2,1-3H3. The van der Waals surface area contributed by atoms with Crippen molar-refractivity contribution in [2.75, 3.05) is 27.9 Å². The lowest BCUT2D eigenvalue weighted by molar-refractivity contribution is 0.350. The number of ether oxygens (including phenoxy) is 3. The average Bonchev–Trinajstić information content (AvgIpc) is 3.22. The second kappa shape index (κ2) is 9.14. The number of nitrogens with one attached hydrogen (secondary N) is 1. The normalized spacial score (nSPS) is 11.3. The monoisotopic (exact) mass is 436 g/mol. The fourth-order valence-electron chi connectivity index (χ4n) is 2.72. The average molecular weight is 436 g/mol. The van der Waals surface area contributed by atoms with E-state index in [-0.39, 0.29) is 24.5 Å². The van der Waals surface area contributed by atoms with E-state index < -0.39 is 20.7 Å². The van der Waals surface area contributed by atoms with Gasteiger partial charge in [0.25, 0.3) is 0 Å². The molecular formula is C20H21FN2O6S. The molecule has 1 heterocycles. The van der Waals surface area contributed by atoms with Crippen molar-refractivity contribution < 1.29 is 31.4 Å². The highest BCUT2D eigenvalue weighted by atomic mass is 32.2. The van der Waals surface area contributed by atoms with Gasteiger partial charge in [0.15, 0.2) is 11.5 Å². The van der Waals surface area contributed by atoms with Crippen LogP contribution in [0.4, 0.5) is 4.39 Å². The van der Waals surface area contributed by atoms with Crippen molar-refractivity contribution in [2.24, 2.45) is 0 Å². The summed E-state index contributed by atoms with van der Waals surface area (Å²) in [7, 11) is 0.145. The topological polar surface area (TPSA) is 99.9 Å². The summed E-state index contributed by atoms with van der Waals surface area (Å²) in [6, 6.07) is 9.21. The molecule has 0 saturated heterocycles. The predicted octanol–water partition coefficient (Wildman–Crippen LogP) is 3.03. The van der Waals surface area contributed by atoms with Crippen molar-refractivity contribution in [1.82, 2.24) is 9.71 Å². The summed E-state index contributed by atoms with van der Waals surface area (Å²) < 4.78 is 62.2. The van der Waals surface area contributed by atoms with E-state index in [1.807, 2.05) is 0 Å². The zero-order valence-electron chi connectivity index (χ0n) is 16.6. The number of nitrogens with zero attached hydrogens (tertiary/aromatic N) is 1. The number of sulfonamides is 1. The minimum absolute atomic E-state index is 0.00467. The maximum Gasteiger partial charge on any atom is 0.243 e. The molecule has 0 amide bonds. The fourth-order valence-corrected chi connectivity index (χ4v) is 3.82. The Morgan fingerprint density at radius 1 is 1.03 bits per heavy atom. The molecule has 3 aromatic rings. The number of methoxy groups -OCH3 is 3. The van der Waals surface area contributed by atoms with Crippen molar-refractivity contribution in [3.05, 3.63) is 54.2 Å². The molecule has 0 radical (unpaired) electrons. The van der Waals surface area contributed by atoms with Gasteiger partial charge in [0, 0.05) is 30.7 Å². The summed E-state index contributed by atoms with van der Waals surface area (Å²) >= 11 is 0. The number of halogens is 1. The van der Waals surface area contributed by atoms with Gasteiger partial charge >= 0.3 is 0 Å². The molecule has 160 valence electrons.